The number of carboxylic acids is 1. The summed E-state index contributed by atoms with van der Waals surface area (Å²) >= 11 is 0. The number of nitrogens with zero attached hydrogens (tertiary/aromatic N) is 1. The second-order valence-electron chi connectivity index (χ2n) is 4.07. The molecular weight excluding hydrogens is 242 g/mol. The van der Waals surface area contributed by atoms with Crippen LogP contribution in [0.25, 0.3) is 0 Å². The van der Waals surface area contributed by atoms with Gasteiger partial charge in [-0.25, -0.2) is 4.79 Å². The number of ether oxygens (including phenoxy) is 1. The number of carboxylic acid groups (broad SMARTS) is 1. The van der Waals surface area contributed by atoms with Crippen LogP contribution in [-0.4, -0.2) is 36.2 Å². The van der Waals surface area contributed by atoms with E-state index in [4.69, 9.17) is 16.3 Å². The summed E-state index contributed by atoms with van der Waals surface area (Å²) in [5.74, 6) is 2.32. The van der Waals surface area contributed by atoms with Gasteiger partial charge in [-0.05, 0) is 30.8 Å². The molecule has 4 heteroatoms. The van der Waals surface area contributed by atoms with Crippen molar-refractivity contribution in [1.29, 1.82) is 0 Å². The number of hydrogen-bond donors (Lipinski definition) is 1. The van der Waals surface area contributed by atoms with Crippen molar-refractivity contribution in [1.82, 2.24) is 4.90 Å². The zero-order valence-corrected chi connectivity index (χ0v) is 10.9. The van der Waals surface area contributed by atoms with Crippen LogP contribution in [-0.2, 0) is 11.3 Å². The van der Waals surface area contributed by atoms with Crippen molar-refractivity contribution in [3.05, 3.63) is 42.0 Å². The average Bonchev–Trinajstić information content (AvgIpc) is 2.36. The number of carbonyl (C=O) groups is 1. The van der Waals surface area contributed by atoms with Crippen molar-refractivity contribution in [3.63, 3.8) is 0 Å². The van der Waals surface area contributed by atoms with Crippen molar-refractivity contribution in [2.45, 2.75) is 6.54 Å². The van der Waals surface area contributed by atoms with Crippen LogP contribution in [0.5, 0.6) is 5.75 Å². The Morgan fingerprint density at radius 3 is 2.74 bits per heavy atom. The predicted octanol–water partition coefficient (Wildman–Crippen LogP) is 1.77. The fourth-order valence-electron chi connectivity index (χ4n) is 1.51. The second-order valence-corrected chi connectivity index (χ2v) is 4.07. The largest absolute Gasteiger partial charge is 0.490 e. The minimum Gasteiger partial charge on any atom is -0.490 e. The molecule has 0 atom stereocenters. The Hall–Kier alpha value is -2.25. The number of benzene rings is 1. The van der Waals surface area contributed by atoms with Crippen LogP contribution in [0.1, 0.15) is 5.56 Å². The zero-order valence-electron chi connectivity index (χ0n) is 10.9. The lowest BCUT2D eigenvalue weighted by molar-refractivity contribution is -0.131. The first-order valence-electron chi connectivity index (χ1n) is 5.85. The molecule has 1 rings (SSSR count). The summed E-state index contributed by atoms with van der Waals surface area (Å²) < 4.78 is 5.37. The summed E-state index contributed by atoms with van der Waals surface area (Å²) in [7, 11) is 1.96. The normalized spacial score (nSPS) is 10.6. The van der Waals surface area contributed by atoms with E-state index in [-0.39, 0.29) is 6.61 Å². The SMILES string of the molecule is C#CCN(C)Cc1ccc(OCC=CC(=O)O)cc1. The van der Waals surface area contributed by atoms with Crippen LogP contribution in [0.3, 0.4) is 0 Å². The molecule has 0 radical (unpaired) electrons. The van der Waals surface area contributed by atoms with Gasteiger partial charge >= 0.3 is 5.97 Å². The maximum Gasteiger partial charge on any atom is 0.328 e. The molecule has 0 saturated carbocycles. The third kappa shape index (κ3) is 6.29. The highest BCUT2D eigenvalue weighted by Crippen LogP contribution is 2.13. The molecule has 0 aliphatic rings. The van der Waals surface area contributed by atoms with Crippen LogP contribution in [0.15, 0.2) is 36.4 Å². The first-order chi connectivity index (χ1) is 9.11. The van der Waals surface area contributed by atoms with Gasteiger partial charge in [0.15, 0.2) is 0 Å². The summed E-state index contributed by atoms with van der Waals surface area (Å²) in [4.78, 5) is 12.3. The molecule has 19 heavy (non-hydrogen) atoms. The Bertz CT molecular complexity index is 471. The van der Waals surface area contributed by atoms with Crippen LogP contribution < -0.4 is 4.74 Å². The molecule has 1 aromatic rings. The molecule has 0 heterocycles. The molecule has 0 fully saturated rings. The molecule has 0 amide bonds. The first-order valence-corrected chi connectivity index (χ1v) is 5.85. The molecule has 0 saturated heterocycles. The smallest absolute Gasteiger partial charge is 0.328 e. The minimum atomic E-state index is -0.976. The molecule has 4 nitrogen and oxygen atoms in total. The monoisotopic (exact) mass is 259 g/mol. The lowest BCUT2D eigenvalue weighted by atomic mass is 10.2. The van der Waals surface area contributed by atoms with Gasteiger partial charge in [-0.3, -0.25) is 4.90 Å². The van der Waals surface area contributed by atoms with Crippen molar-refractivity contribution >= 4 is 5.97 Å². The molecule has 0 unspecified atom stereocenters. The van der Waals surface area contributed by atoms with Gasteiger partial charge in [0.2, 0.25) is 0 Å². The van der Waals surface area contributed by atoms with Gasteiger partial charge in [0.25, 0.3) is 0 Å². The number of hydrogen-bond acceptors (Lipinski definition) is 3. The standard InChI is InChI=1S/C15H17NO3/c1-3-10-16(2)12-13-6-8-14(9-7-13)19-11-4-5-15(17)18/h1,4-9H,10-12H2,2H3,(H,17,18). The number of aliphatic carboxylic acids is 1. The fourth-order valence-corrected chi connectivity index (χ4v) is 1.51. The second kappa shape index (κ2) is 7.96. The summed E-state index contributed by atoms with van der Waals surface area (Å²) in [6, 6.07) is 7.63. The summed E-state index contributed by atoms with van der Waals surface area (Å²) in [5, 5.41) is 8.41. The van der Waals surface area contributed by atoms with Gasteiger partial charge in [-0.1, -0.05) is 18.1 Å². The lowest BCUT2D eigenvalue weighted by Gasteiger charge is -2.13. The first kappa shape index (κ1) is 14.8. The third-order valence-corrected chi connectivity index (χ3v) is 2.34. The molecule has 0 bridgehead atoms. The van der Waals surface area contributed by atoms with Crippen molar-refractivity contribution in [2.75, 3.05) is 20.2 Å². The molecular formula is C15H17NO3. The topological polar surface area (TPSA) is 49.8 Å². The van der Waals surface area contributed by atoms with Crippen LogP contribution in [0, 0.1) is 12.3 Å². The van der Waals surface area contributed by atoms with Crippen molar-refractivity contribution in [3.8, 4) is 18.1 Å². The molecule has 0 aliphatic carbocycles. The summed E-state index contributed by atoms with van der Waals surface area (Å²) in [6.07, 6.45) is 7.75. The Morgan fingerprint density at radius 2 is 2.16 bits per heavy atom. The Kier molecular flexibility index (Phi) is 6.20. The highest BCUT2D eigenvalue weighted by Gasteiger charge is 1.99. The molecule has 1 aromatic carbocycles. The van der Waals surface area contributed by atoms with Gasteiger partial charge in [-0.15, -0.1) is 6.42 Å². The summed E-state index contributed by atoms with van der Waals surface area (Å²) in [5.41, 5.74) is 1.14. The van der Waals surface area contributed by atoms with Crippen LogP contribution in [0.4, 0.5) is 0 Å². The minimum absolute atomic E-state index is 0.239. The van der Waals surface area contributed by atoms with Gasteiger partial charge in [-0.2, -0.15) is 0 Å². The highest BCUT2D eigenvalue weighted by molar-refractivity contribution is 5.79. The number of rotatable bonds is 7. The molecule has 0 aliphatic heterocycles. The van der Waals surface area contributed by atoms with E-state index in [1.165, 1.54) is 6.08 Å². The Balaban J connectivity index is 2.43. The molecule has 100 valence electrons. The van der Waals surface area contributed by atoms with E-state index in [0.29, 0.717) is 12.3 Å². The lowest BCUT2D eigenvalue weighted by Crippen LogP contribution is -2.17. The zero-order chi connectivity index (χ0) is 14.1. The van der Waals surface area contributed by atoms with E-state index in [0.717, 1.165) is 18.2 Å². The average molecular weight is 259 g/mol. The maximum absolute atomic E-state index is 10.3. The predicted molar refractivity (Wildman–Crippen MR) is 73.9 cm³/mol. The van der Waals surface area contributed by atoms with E-state index < -0.39 is 5.97 Å². The van der Waals surface area contributed by atoms with E-state index in [1.54, 1.807) is 0 Å². The van der Waals surface area contributed by atoms with Crippen molar-refractivity contribution in [2.24, 2.45) is 0 Å². The quantitative estimate of drug-likeness (QED) is 0.599. The van der Waals surface area contributed by atoms with E-state index in [9.17, 15) is 4.79 Å². The van der Waals surface area contributed by atoms with E-state index in [2.05, 4.69) is 5.92 Å². The highest BCUT2D eigenvalue weighted by atomic mass is 16.5. The van der Waals surface area contributed by atoms with E-state index in [1.807, 2.05) is 36.2 Å². The molecule has 0 spiro atoms. The molecule has 1 N–H and O–H groups in total. The van der Waals surface area contributed by atoms with E-state index >= 15 is 0 Å². The van der Waals surface area contributed by atoms with Crippen molar-refractivity contribution < 1.29 is 14.6 Å². The maximum atomic E-state index is 10.3. The summed E-state index contributed by atoms with van der Waals surface area (Å²) in [6.45, 7) is 1.63. The molecule has 0 aromatic heterocycles. The van der Waals surface area contributed by atoms with Gasteiger partial charge < -0.3 is 9.84 Å². The third-order valence-electron chi connectivity index (χ3n) is 2.34. The van der Waals surface area contributed by atoms with Gasteiger partial charge in [0.05, 0.1) is 6.54 Å². The number of terminal acetylenes is 1. The van der Waals surface area contributed by atoms with Crippen LogP contribution in [0.2, 0.25) is 0 Å². The van der Waals surface area contributed by atoms with Crippen LogP contribution >= 0.6 is 0 Å². The van der Waals surface area contributed by atoms with Gasteiger partial charge in [0.1, 0.15) is 12.4 Å². The Labute approximate surface area is 113 Å². The van der Waals surface area contributed by atoms with Gasteiger partial charge in [0, 0.05) is 12.6 Å². The Morgan fingerprint density at radius 1 is 1.47 bits per heavy atom. The fraction of sp³-hybridized carbons (Fsp3) is 0.267.